The van der Waals surface area contributed by atoms with Crippen molar-refractivity contribution in [3.63, 3.8) is 0 Å². The van der Waals surface area contributed by atoms with Crippen LogP contribution in [0.1, 0.15) is 15.9 Å². The van der Waals surface area contributed by atoms with Gasteiger partial charge >= 0.3 is 12.1 Å². The Morgan fingerprint density at radius 1 is 1.00 bits per heavy atom. The average Bonchev–Trinajstić information content (AvgIpc) is 2.70. The molecule has 0 bridgehead atoms. The molecule has 2 amide bonds. The zero-order chi connectivity index (χ0) is 21.4. The molecule has 0 aromatic heterocycles. The number of halogens is 3. The van der Waals surface area contributed by atoms with Crippen molar-refractivity contribution in [3.8, 4) is 0 Å². The third-order valence-corrected chi connectivity index (χ3v) is 4.35. The van der Waals surface area contributed by atoms with E-state index in [1.807, 2.05) is 18.4 Å². The van der Waals surface area contributed by atoms with Crippen LogP contribution in [0.15, 0.2) is 53.4 Å². The minimum atomic E-state index is -4.50. The predicted molar refractivity (Wildman–Crippen MR) is 102 cm³/mol. The second kappa shape index (κ2) is 9.97. The first-order valence-electron chi connectivity index (χ1n) is 8.24. The number of nitrogens with one attached hydrogen (secondary N) is 2. The summed E-state index contributed by atoms with van der Waals surface area (Å²) in [5, 5.41) is 4.77. The van der Waals surface area contributed by atoms with Gasteiger partial charge in [-0.1, -0.05) is 0 Å². The number of esters is 1. The molecule has 0 aliphatic rings. The third-order valence-electron chi connectivity index (χ3n) is 3.61. The van der Waals surface area contributed by atoms with Crippen molar-refractivity contribution in [2.45, 2.75) is 11.1 Å². The first kappa shape index (κ1) is 22.3. The molecule has 2 aromatic rings. The maximum absolute atomic E-state index is 12.5. The zero-order valence-electron chi connectivity index (χ0n) is 15.2. The van der Waals surface area contributed by atoms with Crippen molar-refractivity contribution in [2.75, 3.05) is 24.7 Å². The van der Waals surface area contributed by atoms with Gasteiger partial charge in [0.05, 0.1) is 5.56 Å². The van der Waals surface area contributed by atoms with E-state index in [0.29, 0.717) is 5.69 Å². The molecule has 0 saturated carbocycles. The lowest BCUT2D eigenvalue weighted by Crippen LogP contribution is -2.32. The molecule has 0 spiro atoms. The van der Waals surface area contributed by atoms with Crippen molar-refractivity contribution in [1.29, 1.82) is 0 Å². The molecule has 2 N–H and O–H groups in total. The third kappa shape index (κ3) is 7.15. The number of carbonyl (C=O) groups is 3. The molecule has 0 saturated heterocycles. The number of hydrogen-bond donors (Lipinski definition) is 2. The molecule has 0 radical (unpaired) electrons. The molecule has 0 heterocycles. The SMILES string of the molecule is CSc1ccc(NC(=O)COC(=O)CNC(=O)c2ccc(C(F)(F)F)cc2)cc1. The number of thioether (sulfide) groups is 1. The topological polar surface area (TPSA) is 84.5 Å². The van der Waals surface area contributed by atoms with Crippen LogP contribution in [-0.4, -0.2) is 37.2 Å². The number of anilines is 1. The second-order valence-corrected chi connectivity index (χ2v) is 6.57. The van der Waals surface area contributed by atoms with Gasteiger partial charge in [-0.3, -0.25) is 14.4 Å². The molecule has 0 aliphatic heterocycles. The average molecular weight is 426 g/mol. The summed E-state index contributed by atoms with van der Waals surface area (Å²) >= 11 is 1.55. The highest BCUT2D eigenvalue weighted by Gasteiger charge is 2.30. The Kier molecular flexibility index (Phi) is 7.66. The molecule has 6 nitrogen and oxygen atoms in total. The Labute approximate surface area is 168 Å². The van der Waals surface area contributed by atoms with Crippen LogP contribution in [0.25, 0.3) is 0 Å². The summed E-state index contributed by atoms with van der Waals surface area (Å²) in [4.78, 5) is 36.3. The van der Waals surface area contributed by atoms with Crippen molar-refractivity contribution in [3.05, 3.63) is 59.7 Å². The fraction of sp³-hybridized carbons (Fsp3) is 0.211. The van der Waals surface area contributed by atoms with E-state index < -0.39 is 42.7 Å². The van der Waals surface area contributed by atoms with Gasteiger partial charge in [0.15, 0.2) is 6.61 Å². The van der Waals surface area contributed by atoms with Crippen LogP contribution in [0.5, 0.6) is 0 Å². The summed E-state index contributed by atoms with van der Waals surface area (Å²) in [5.41, 5.74) is -0.390. The Bertz CT molecular complexity index is 869. The van der Waals surface area contributed by atoms with Crippen LogP contribution >= 0.6 is 11.8 Å². The van der Waals surface area contributed by atoms with E-state index in [1.165, 1.54) is 0 Å². The summed E-state index contributed by atoms with van der Waals surface area (Å²) in [7, 11) is 0. The van der Waals surface area contributed by atoms with Crippen LogP contribution in [0, 0.1) is 0 Å². The lowest BCUT2D eigenvalue weighted by atomic mass is 10.1. The van der Waals surface area contributed by atoms with Gasteiger partial charge in [0, 0.05) is 16.1 Å². The van der Waals surface area contributed by atoms with Gasteiger partial charge in [0.1, 0.15) is 6.54 Å². The lowest BCUT2D eigenvalue weighted by molar-refractivity contribution is -0.146. The van der Waals surface area contributed by atoms with E-state index >= 15 is 0 Å². The van der Waals surface area contributed by atoms with Crippen molar-refractivity contribution < 1.29 is 32.3 Å². The van der Waals surface area contributed by atoms with Crippen LogP contribution < -0.4 is 10.6 Å². The number of amides is 2. The minimum absolute atomic E-state index is 0.0442. The molecule has 10 heteroatoms. The number of ether oxygens (including phenoxy) is 1. The Balaban J connectivity index is 1.74. The lowest BCUT2D eigenvalue weighted by Gasteiger charge is -2.09. The van der Waals surface area contributed by atoms with E-state index in [0.717, 1.165) is 29.2 Å². The molecular formula is C19H17F3N2O4S. The van der Waals surface area contributed by atoms with E-state index in [9.17, 15) is 27.6 Å². The van der Waals surface area contributed by atoms with Crippen molar-refractivity contribution in [1.82, 2.24) is 5.32 Å². The monoisotopic (exact) mass is 426 g/mol. The fourth-order valence-electron chi connectivity index (χ4n) is 2.13. The van der Waals surface area contributed by atoms with E-state index in [1.54, 1.807) is 23.9 Å². The maximum atomic E-state index is 12.5. The van der Waals surface area contributed by atoms with Gasteiger partial charge in [0.25, 0.3) is 11.8 Å². The smallest absolute Gasteiger partial charge is 0.416 e. The summed E-state index contributed by atoms with van der Waals surface area (Å²) in [6.07, 6.45) is -2.58. The largest absolute Gasteiger partial charge is 0.454 e. The molecule has 2 rings (SSSR count). The van der Waals surface area contributed by atoms with E-state index in [-0.39, 0.29) is 5.56 Å². The van der Waals surface area contributed by atoms with Crippen LogP contribution in [0.2, 0.25) is 0 Å². The van der Waals surface area contributed by atoms with E-state index in [4.69, 9.17) is 4.74 Å². The number of alkyl halides is 3. The first-order chi connectivity index (χ1) is 13.7. The van der Waals surface area contributed by atoms with Gasteiger partial charge < -0.3 is 15.4 Å². The summed E-state index contributed by atoms with van der Waals surface area (Å²) in [5.74, 6) is -2.16. The first-order valence-corrected chi connectivity index (χ1v) is 9.46. The molecule has 0 aliphatic carbocycles. The number of carbonyl (C=O) groups excluding carboxylic acids is 3. The second-order valence-electron chi connectivity index (χ2n) is 5.70. The maximum Gasteiger partial charge on any atom is 0.416 e. The van der Waals surface area contributed by atoms with Crippen molar-refractivity contribution >= 4 is 35.2 Å². The number of benzene rings is 2. The van der Waals surface area contributed by atoms with Gasteiger partial charge in [-0.2, -0.15) is 13.2 Å². The summed E-state index contributed by atoms with van der Waals surface area (Å²) in [6.45, 7) is -1.07. The van der Waals surface area contributed by atoms with Gasteiger partial charge in [-0.25, -0.2) is 0 Å². The highest BCUT2D eigenvalue weighted by Crippen LogP contribution is 2.29. The number of rotatable bonds is 7. The quantitative estimate of drug-likeness (QED) is 0.524. The summed E-state index contributed by atoms with van der Waals surface area (Å²) < 4.78 is 42.3. The molecular weight excluding hydrogens is 409 g/mol. The van der Waals surface area contributed by atoms with Gasteiger partial charge in [0.2, 0.25) is 0 Å². The van der Waals surface area contributed by atoms with Crippen LogP contribution in [-0.2, 0) is 20.5 Å². The molecule has 154 valence electrons. The fourth-order valence-corrected chi connectivity index (χ4v) is 2.54. The molecule has 0 atom stereocenters. The highest BCUT2D eigenvalue weighted by atomic mass is 32.2. The van der Waals surface area contributed by atoms with Gasteiger partial charge in [-0.15, -0.1) is 11.8 Å². The van der Waals surface area contributed by atoms with Crippen LogP contribution in [0.4, 0.5) is 18.9 Å². The minimum Gasteiger partial charge on any atom is -0.454 e. The normalized spacial score (nSPS) is 10.9. The Morgan fingerprint density at radius 3 is 2.17 bits per heavy atom. The van der Waals surface area contributed by atoms with E-state index in [2.05, 4.69) is 10.6 Å². The van der Waals surface area contributed by atoms with Crippen molar-refractivity contribution in [2.24, 2.45) is 0 Å². The molecule has 2 aromatic carbocycles. The Hall–Kier alpha value is -3.01. The molecule has 29 heavy (non-hydrogen) atoms. The van der Waals surface area contributed by atoms with Gasteiger partial charge in [-0.05, 0) is 54.8 Å². The number of hydrogen-bond acceptors (Lipinski definition) is 5. The summed E-state index contributed by atoms with van der Waals surface area (Å²) in [6, 6.07) is 10.6. The predicted octanol–water partition coefficient (Wildman–Crippen LogP) is 3.34. The Morgan fingerprint density at radius 2 is 1.62 bits per heavy atom. The molecule has 0 fully saturated rings. The van der Waals surface area contributed by atoms with Crippen LogP contribution in [0.3, 0.4) is 0 Å². The standard InChI is InChI=1S/C19H17F3N2O4S/c1-29-15-8-6-14(7-9-15)24-16(25)11-28-17(26)10-23-18(27)12-2-4-13(5-3-12)19(20,21)22/h2-9H,10-11H2,1H3,(H,23,27)(H,24,25). The highest BCUT2D eigenvalue weighted by molar-refractivity contribution is 7.98. The molecule has 0 unspecified atom stereocenters. The zero-order valence-corrected chi connectivity index (χ0v) is 16.0.